The summed E-state index contributed by atoms with van der Waals surface area (Å²) >= 11 is 0. The maximum absolute atomic E-state index is 5.32. The van der Waals surface area contributed by atoms with E-state index in [-0.39, 0.29) is 0 Å². The molecule has 5 aromatic carbocycles. The maximum atomic E-state index is 5.32. The van der Waals surface area contributed by atoms with Crippen LogP contribution in [-0.4, -0.2) is 23.8 Å². The molecule has 0 aliphatic rings. The first kappa shape index (κ1) is 22.9. The number of pyridine rings is 1. The Bertz CT molecular complexity index is 2470. The summed E-state index contributed by atoms with van der Waals surface area (Å²) in [5.74, 6) is 0.855. The van der Waals surface area contributed by atoms with E-state index in [1.54, 1.807) is 0 Å². The number of hydrogen-bond acceptors (Lipinski definition) is 3. The van der Waals surface area contributed by atoms with Crippen molar-refractivity contribution in [3.63, 3.8) is 0 Å². The third kappa shape index (κ3) is 3.34. The molecule has 0 unspecified atom stereocenters. The Balaban J connectivity index is 1.29. The molecule has 4 heterocycles. The zero-order valence-corrected chi connectivity index (χ0v) is 22.5. The summed E-state index contributed by atoms with van der Waals surface area (Å²) in [6.45, 7) is 0. The zero-order chi connectivity index (χ0) is 27.6. The van der Waals surface area contributed by atoms with E-state index in [9.17, 15) is 0 Å². The molecule has 0 N–H and O–H groups in total. The van der Waals surface area contributed by atoms with Gasteiger partial charge in [0.1, 0.15) is 5.65 Å². The standard InChI is InChI=1S/C37H23N5/c1-2-10-24(11-3-1)25-20-21-38-31(23-25)27-13-8-12-26(22-27)28-15-9-19-34-35(28)40-37-41(34)32-17-6-4-14-29(32)36-39-30-16-5-7-18-33(30)42(36)37/h1-23H. The molecule has 5 heteroatoms. The molecule has 0 saturated carbocycles. The van der Waals surface area contributed by atoms with Crippen molar-refractivity contribution >= 4 is 44.4 Å². The third-order valence-corrected chi connectivity index (χ3v) is 8.15. The summed E-state index contributed by atoms with van der Waals surface area (Å²) in [6.07, 6.45) is 1.89. The van der Waals surface area contributed by atoms with Crippen molar-refractivity contribution in [3.05, 3.63) is 140 Å². The van der Waals surface area contributed by atoms with Gasteiger partial charge in [-0.2, -0.15) is 0 Å². The molecule has 0 aliphatic carbocycles. The second kappa shape index (κ2) is 8.85. The van der Waals surface area contributed by atoms with E-state index in [4.69, 9.17) is 15.0 Å². The summed E-state index contributed by atoms with van der Waals surface area (Å²) in [7, 11) is 0. The van der Waals surface area contributed by atoms with Gasteiger partial charge < -0.3 is 0 Å². The average Bonchev–Trinajstić information content (AvgIpc) is 3.65. The second-order valence-electron chi connectivity index (χ2n) is 10.6. The van der Waals surface area contributed by atoms with Gasteiger partial charge in [-0.15, -0.1) is 0 Å². The number of hydrogen-bond donors (Lipinski definition) is 0. The Morgan fingerprint density at radius 3 is 2.14 bits per heavy atom. The Morgan fingerprint density at radius 1 is 0.476 bits per heavy atom. The van der Waals surface area contributed by atoms with Gasteiger partial charge in [-0.25, -0.2) is 9.97 Å². The van der Waals surface area contributed by atoms with E-state index >= 15 is 0 Å². The topological polar surface area (TPSA) is 47.5 Å². The van der Waals surface area contributed by atoms with Crippen LogP contribution in [0.25, 0.3) is 77.9 Å². The quantitative estimate of drug-likeness (QED) is 0.226. The van der Waals surface area contributed by atoms with Gasteiger partial charge in [0.2, 0.25) is 5.78 Å². The second-order valence-corrected chi connectivity index (χ2v) is 10.6. The summed E-state index contributed by atoms with van der Waals surface area (Å²) in [5.41, 5.74) is 12.6. The van der Waals surface area contributed by atoms with Crippen LogP contribution >= 0.6 is 0 Å². The Morgan fingerprint density at radius 2 is 1.21 bits per heavy atom. The predicted molar refractivity (Wildman–Crippen MR) is 171 cm³/mol. The van der Waals surface area contributed by atoms with E-state index < -0.39 is 0 Å². The minimum atomic E-state index is 0.855. The normalized spacial score (nSPS) is 11.8. The fourth-order valence-corrected chi connectivity index (χ4v) is 6.22. The molecule has 196 valence electrons. The fourth-order valence-electron chi connectivity index (χ4n) is 6.22. The Hall–Kier alpha value is -5.81. The molecule has 0 aliphatic heterocycles. The first-order valence-corrected chi connectivity index (χ1v) is 14.0. The van der Waals surface area contributed by atoms with Crippen molar-refractivity contribution < 1.29 is 0 Å². The molecule has 42 heavy (non-hydrogen) atoms. The highest BCUT2D eigenvalue weighted by atomic mass is 15.2. The van der Waals surface area contributed by atoms with Crippen LogP contribution < -0.4 is 0 Å². The highest BCUT2D eigenvalue weighted by Gasteiger charge is 2.19. The summed E-state index contributed by atoms with van der Waals surface area (Å²) < 4.78 is 4.46. The van der Waals surface area contributed by atoms with Gasteiger partial charge in [0.05, 0.1) is 33.3 Å². The van der Waals surface area contributed by atoms with Crippen molar-refractivity contribution in [2.45, 2.75) is 0 Å². The van der Waals surface area contributed by atoms with Crippen LogP contribution in [0, 0.1) is 0 Å². The van der Waals surface area contributed by atoms with Crippen LogP contribution in [0.1, 0.15) is 0 Å². The van der Waals surface area contributed by atoms with E-state index in [1.165, 1.54) is 5.56 Å². The van der Waals surface area contributed by atoms with Gasteiger partial charge in [-0.1, -0.05) is 84.9 Å². The molecule has 9 aromatic rings. The van der Waals surface area contributed by atoms with Crippen molar-refractivity contribution in [1.29, 1.82) is 0 Å². The third-order valence-electron chi connectivity index (χ3n) is 8.15. The Labute approximate surface area is 241 Å². The predicted octanol–water partition coefficient (Wildman–Crippen LogP) is 8.84. The lowest BCUT2D eigenvalue weighted by Crippen LogP contribution is -1.97. The highest BCUT2D eigenvalue weighted by molar-refractivity contribution is 6.03. The summed E-state index contributed by atoms with van der Waals surface area (Å²) in [5, 5.41) is 1.09. The molecule has 0 atom stereocenters. The first-order valence-electron chi connectivity index (χ1n) is 14.0. The van der Waals surface area contributed by atoms with Crippen molar-refractivity contribution in [1.82, 2.24) is 23.8 Å². The van der Waals surface area contributed by atoms with E-state index in [0.717, 1.165) is 72.3 Å². The van der Waals surface area contributed by atoms with Crippen LogP contribution in [0.15, 0.2) is 140 Å². The van der Waals surface area contributed by atoms with Crippen LogP contribution in [-0.2, 0) is 0 Å². The minimum absolute atomic E-state index is 0.855. The van der Waals surface area contributed by atoms with Crippen LogP contribution in [0.2, 0.25) is 0 Å². The molecule has 4 aromatic heterocycles. The molecule has 0 radical (unpaired) electrons. The lowest BCUT2D eigenvalue weighted by Gasteiger charge is -2.09. The molecule has 0 amide bonds. The monoisotopic (exact) mass is 537 g/mol. The Kier molecular flexibility index (Phi) is 4.83. The van der Waals surface area contributed by atoms with Gasteiger partial charge >= 0.3 is 0 Å². The molecule has 0 spiro atoms. The average molecular weight is 538 g/mol. The fraction of sp³-hybridized carbons (Fsp3) is 0. The molecule has 0 fully saturated rings. The van der Waals surface area contributed by atoms with Crippen LogP contribution in [0.5, 0.6) is 0 Å². The van der Waals surface area contributed by atoms with Crippen molar-refractivity contribution in [3.8, 4) is 33.5 Å². The number of aromatic nitrogens is 5. The number of nitrogens with zero attached hydrogens (tertiary/aromatic N) is 5. The van der Waals surface area contributed by atoms with Crippen molar-refractivity contribution in [2.24, 2.45) is 0 Å². The largest absolute Gasteiger partial charge is 0.277 e. The van der Waals surface area contributed by atoms with Gasteiger partial charge in [0.25, 0.3) is 0 Å². The maximum Gasteiger partial charge on any atom is 0.221 e. The first-order chi connectivity index (χ1) is 20.8. The van der Waals surface area contributed by atoms with E-state index in [1.807, 2.05) is 18.3 Å². The molecule has 0 bridgehead atoms. The molecule has 0 saturated heterocycles. The zero-order valence-electron chi connectivity index (χ0n) is 22.5. The number of para-hydroxylation sites is 4. The van der Waals surface area contributed by atoms with Crippen molar-refractivity contribution in [2.75, 3.05) is 0 Å². The van der Waals surface area contributed by atoms with Gasteiger partial charge in [0, 0.05) is 22.7 Å². The smallest absolute Gasteiger partial charge is 0.221 e. The number of rotatable bonds is 3. The number of benzene rings is 5. The van der Waals surface area contributed by atoms with Gasteiger partial charge in [0.15, 0.2) is 0 Å². The molecule has 9 rings (SSSR count). The van der Waals surface area contributed by atoms with Gasteiger partial charge in [-0.05, 0) is 65.2 Å². The SMILES string of the molecule is c1ccc(-c2ccnc(-c3cccc(-c4cccc5c4nc4n5c5ccccc5c5nc6ccccc6n54)c3)c2)cc1. The summed E-state index contributed by atoms with van der Waals surface area (Å²) in [6, 6.07) is 46.4. The molecular weight excluding hydrogens is 514 g/mol. The lowest BCUT2D eigenvalue weighted by atomic mass is 9.99. The van der Waals surface area contributed by atoms with Crippen LogP contribution in [0.3, 0.4) is 0 Å². The van der Waals surface area contributed by atoms with Gasteiger partial charge in [-0.3, -0.25) is 13.8 Å². The number of fused-ring (bicyclic) bond motifs is 10. The van der Waals surface area contributed by atoms with E-state index in [0.29, 0.717) is 0 Å². The number of imidazole rings is 2. The molecular formula is C37H23N5. The summed E-state index contributed by atoms with van der Waals surface area (Å²) in [4.78, 5) is 15.1. The van der Waals surface area contributed by atoms with E-state index in [2.05, 4.69) is 130 Å². The minimum Gasteiger partial charge on any atom is -0.277 e. The molecule has 5 nitrogen and oxygen atoms in total. The van der Waals surface area contributed by atoms with Crippen LogP contribution in [0.4, 0.5) is 0 Å². The highest BCUT2D eigenvalue weighted by Crippen LogP contribution is 2.35. The lowest BCUT2D eigenvalue weighted by molar-refractivity contribution is 1.14.